The maximum Gasteiger partial charge on any atom is 0.328 e. The van der Waals surface area contributed by atoms with Gasteiger partial charge in [-0.2, -0.15) is 0 Å². The van der Waals surface area contributed by atoms with Gasteiger partial charge in [0.15, 0.2) is 24.5 Å². The predicted octanol–water partition coefficient (Wildman–Crippen LogP) is 1.43. The van der Waals surface area contributed by atoms with Crippen LogP contribution in [0, 0.1) is 21.6 Å². The van der Waals surface area contributed by atoms with Crippen molar-refractivity contribution in [3.05, 3.63) is 60.2 Å². The minimum Gasteiger partial charge on any atom is -0.484 e. The molecule has 0 saturated carbocycles. The summed E-state index contributed by atoms with van der Waals surface area (Å²) in [5.74, 6) is -2.96. The van der Waals surface area contributed by atoms with Gasteiger partial charge in [0.25, 0.3) is 5.91 Å². The number of esters is 1. The molecule has 0 aliphatic heterocycles. The second-order valence-corrected chi connectivity index (χ2v) is 13.9. The molecular formula is C39H64N12O6. The molecule has 1 aromatic rings. The smallest absolute Gasteiger partial charge is 0.328 e. The number of hydrogen-bond acceptors (Lipinski definition) is 9. The van der Waals surface area contributed by atoms with Gasteiger partial charge in [0.2, 0.25) is 11.8 Å². The number of ether oxygens (including phenoxy) is 2. The molecule has 3 amide bonds. The summed E-state index contributed by atoms with van der Waals surface area (Å²) in [4.78, 5) is 52.9. The van der Waals surface area contributed by atoms with E-state index in [0.29, 0.717) is 25.0 Å². The summed E-state index contributed by atoms with van der Waals surface area (Å²) >= 11 is 0. The molecule has 0 saturated heterocycles. The monoisotopic (exact) mass is 797 g/mol. The van der Waals surface area contributed by atoms with Crippen LogP contribution in [0.5, 0.6) is 5.75 Å². The van der Waals surface area contributed by atoms with Gasteiger partial charge in [0, 0.05) is 25.0 Å². The van der Waals surface area contributed by atoms with E-state index in [4.69, 9.17) is 42.9 Å². The van der Waals surface area contributed by atoms with Crippen molar-refractivity contribution >= 4 is 47.6 Å². The third-order valence-corrected chi connectivity index (χ3v) is 8.65. The number of rotatable bonds is 27. The van der Waals surface area contributed by atoms with Crippen molar-refractivity contribution in [3.8, 4) is 5.75 Å². The Morgan fingerprint density at radius 3 is 1.72 bits per heavy atom. The van der Waals surface area contributed by atoms with Crippen molar-refractivity contribution in [2.75, 3.05) is 33.4 Å². The zero-order valence-corrected chi connectivity index (χ0v) is 33.7. The molecule has 0 aliphatic carbocycles. The number of nitrogens with two attached hydrogens (primary N) is 3. The number of benzene rings is 1. The average Bonchev–Trinajstić information content (AvgIpc) is 3.16. The standard InChI is InChI=1S/C39H64N12O6/c1-6-39(4,20-7-11-26(2)3)21-19-27-15-17-28(18-16-27)57-25-32(52)49-29(12-8-22-46-36(40)41)33(53)50-30(13-9-23-47-37(42)43)34(54)51-31(35(55)56-5)14-10-24-48-38(44)45/h6,11,15-19,21,29-31H,1,7-10,12-14,20,22-25H2,2-5H3,(H,49,52)(H,50,53)(H,51,54)(H4,40,41,46)(H4,42,43,47)(H4,44,45,48)/b21-19+/t29-,30-,31-,39-/m0/s1. The van der Waals surface area contributed by atoms with Crippen molar-refractivity contribution in [1.82, 2.24) is 31.9 Å². The lowest BCUT2D eigenvalue weighted by molar-refractivity contribution is -0.145. The maximum atomic E-state index is 13.7. The van der Waals surface area contributed by atoms with Gasteiger partial charge in [-0.1, -0.05) is 48.9 Å². The first-order valence-electron chi connectivity index (χ1n) is 18.9. The normalized spacial score (nSPS) is 13.3. The summed E-state index contributed by atoms with van der Waals surface area (Å²) in [7, 11) is 1.18. The molecule has 18 nitrogen and oxygen atoms in total. The minimum atomic E-state index is -1.16. The van der Waals surface area contributed by atoms with Crippen LogP contribution >= 0.6 is 0 Å². The van der Waals surface area contributed by atoms with Gasteiger partial charge in [-0.15, -0.1) is 6.58 Å². The molecule has 0 fully saturated rings. The molecule has 1 rings (SSSR count). The van der Waals surface area contributed by atoms with Crippen LogP contribution in [-0.2, 0) is 23.9 Å². The van der Waals surface area contributed by atoms with E-state index >= 15 is 0 Å². The number of carbonyl (C=O) groups excluding carboxylic acids is 4. The van der Waals surface area contributed by atoms with Gasteiger partial charge in [0.05, 0.1) is 7.11 Å². The summed E-state index contributed by atoms with van der Waals surface area (Å²) in [6, 6.07) is 3.88. The quantitative estimate of drug-likeness (QED) is 0.0198. The molecule has 0 spiro atoms. The second-order valence-electron chi connectivity index (χ2n) is 13.9. The Bertz CT molecular complexity index is 1560. The third kappa shape index (κ3) is 22.2. The molecule has 0 heterocycles. The first kappa shape index (κ1) is 48.9. The van der Waals surface area contributed by atoms with Gasteiger partial charge in [-0.05, 0) is 82.9 Å². The Kier molecular flexibility index (Phi) is 22.9. The fourth-order valence-corrected chi connectivity index (χ4v) is 5.33. The van der Waals surface area contributed by atoms with Gasteiger partial charge < -0.3 is 58.6 Å². The highest BCUT2D eigenvalue weighted by atomic mass is 16.5. The van der Waals surface area contributed by atoms with Gasteiger partial charge in [-0.25, -0.2) is 4.79 Å². The van der Waals surface area contributed by atoms with E-state index in [-0.39, 0.29) is 62.2 Å². The summed E-state index contributed by atoms with van der Waals surface area (Å²) in [6.45, 7) is 10.6. The molecule has 15 N–H and O–H groups in total. The van der Waals surface area contributed by atoms with Crippen molar-refractivity contribution < 1.29 is 28.7 Å². The van der Waals surface area contributed by atoms with Crippen molar-refractivity contribution in [2.24, 2.45) is 22.6 Å². The topological polar surface area (TPSA) is 309 Å². The number of hydrogen-bond donors (Lipinski definition) is 12. The fourth-order valence-electron chi connectivity index (χ4n) is 5.33. The molecule has 18 heteroatoms. The van der Waals surface area contributed by atoms with E-state index in [9.17, 15) is 19.2 Å². The Morgan fingerprint density at radius 1 is 0.789 bits per heavy atom. The largest absolute Gasteiger partial charge is 0.484 e. The lowest BCUT2D eigenvalue weighted by Crippen LogP contribution is -2.56. The lowest BCUT2D eigenvalue weighted by atomic mass is 9.84. The van der Waals surface area contributed by atoms with Crippen LogP contribution in [0.2, 0.25) is 0 Å². The number of allylic oxidation sites excluding steroid dienone is 4. The molecule has 0 aliphatic rings. The summed E-state index contributed by atoms with van der Waals surface area (Å²) < 4.78 is 10.6. The first-order chi connectivity index (χ1) is 27.0. The van der Waals surface area contributed by atoms with E-state index in [0.717, 1.165) is 18.4 Å². The molecule has 0 radical (unpaired) electrons. The van der Waals surface area contributed by atoms with E-state index in [1.807, 2.05) is 24.3 Å². The van der Waals surface area contributed by atoms with Gasteiger partial charge in [0.1, 0.15) is 23.9 Å². The third-order valence-electron chi connectivity index (χ3n) is 8.65. The van der Waals surface area contributed by atoms with Crippen LogP contribution in [-0.4, -0.2) is 93.0 Å². The summed E-state index contributed by atoms with van der Waals surface area (Å²) in [6.07, 6.45) is 11.5. The van der Waals surface area contributed by atoms with Crippen LogP contribution in [0.3, 0.4) is 0 Å². The lowest BCUT2D eigenvalue weighted by Gasteiger charge is -2.25. The van der Waals surface area contributed by atoms with Gasteiger partial charge >= 0.3 is 5.97 Å². The fraction of sp³-hybridized carbons (Fsp3) is 0.513. The van der Waals surface area contributed by atoms with Crippen LogP contribution < -0.4 is 53.8 Å². The van der Waals surface area contributed by atoms with Crippen LogP contribution in [0.15, 0.2) is 54.6 Å². The number of amides is 3. The van der Waals surface area contributed by atoms with Crippen LogP contribution in [0.25, 0.3) is 6.08 Å². The Morgan fingerprint density at radius 2 is 1.26 bits per heavy atom. The van der Waals surface area contributed by atoms with E-state index in [1.165, 1.54) is 12.7 Å². The summed E-state index contributed by atoms with van der Waals surface area (Å²) in [5, 5.41) is 38.1. The number of methoxy groups -OCH3 is 1. The van der Waals surface area contributed by atoms with Crippen molar-refractivity contribution in [3.63, 3.8) is 0 Å². The Labute approximate surface area is 336 Å². The second kappa shape index (κ2) is 26.7. The molecule has 1 aromatic carbocycles. The number of carbonyl (C=O) groups is 4. The Hall–Kier alpha value is -6.07. The summed E-state index contributed by atoms with van der Waals surface area (Å²) in [5.41, 5.74) is 18.1. The highest BCUT2D eigenvalue weighted by molar-refractivity contribution is 5.93. The first-order valence-corrected chi connectivity index (χ1v) is 18.9. The predicted molar refractivity (Wildman–Crippen MR) is 223 cm³/mol. The molecule has 0 bridgehead atoms. The SMILES string of the molecule is C=C[C@](C)(/C=C/c1ccc(OCC(=O)N[C@@H](CCCNC(=N)N)C(=O)N[C@@H](CCCNC(=N)N)C(=O)N[C@@H](CCCNC(=N)N)C(=O)OC)cc1)CCC=C(C)C. The van der Waals surface area contributed by atoms with E-state index < -0.39 is 48.4 Å². The van der Waals surface area contributed by atoms with Crippen LogP contribution in [0.4, 0.5) is 0 Å². The Balaban J connectivity index is 3.08. The van der Waals surface area contributed by atoms with Crippen molar-refractivity contribution in [2.45, 2.75) is 90.3 Å². The number of nitrogens with one attached hydrogen (secondary N) is 9. The molecule has 316 valence electrons. The van der Waals surface area contributed by atoms with E-state index in [1.54, 1.807) is 12.1 Å². The zero-order valence-electron chi connectivity index (χ0n) is 33.7. The van der Waals surface area contributed by atoms with Gasteiger partial charge in [-0.3, -0.25) is 30.6 Å². The minimum absolute atomic E-state index is 0.0845. The molecule has 0 aromatic heterocycles. The molecular weight excluding hydrogens is 733 g/mol. The molecule has 4 atom stereocenters. The molecule has 0 unspecified atom stereocenters. The zero-order chi connectivity index (χ0) is 42.8. The number of guanidine groups is 3. The average molecular weight is 797 g/mol. The highest BCUT2D eigenvalue weighted by Gasteiger charge is 2.30. The maximum absolute atomic E-state index is 13.7. The van der Waals surface area contributed by atoms with Crippen LogP contribution in [0.1, 0.15) is 77.7 Å². The van der Waals surface area contributed by atoms with E-state index in [2.05, 4.69) is 71.4 Å². The van der Waals surface area contributed by atoms with Crippen molar-refractivity contribution in [1.29, 1.82) is 16.2 Å². The molecule has 57 heavy (non-hydrogen) atoms. The highest BCUT2D eigenvalue weighted by Crippen LogP contribution is 2.28.